The zero-order chi connectivity index (χ0) is 17.3. The molecule has 130 valence electrons. The first-order valence-corrected chi connectivity index (χ1v) is 9.88. The number of H-pyrrole nitrogens is 1. The highest BCUT2D eigenvalue weighted by Gasteiger charge is 2.24. The van der Waals surface area contributed by atoms with Crippen LogP contribution in [0.5, 0.6) is 0 Å². The number of benzene rings is 2. The molecule has 1 aliphatic rings. The Kier molecular flexibility index (Phi) is 4.19. The van der Waals surface area contributed by atoms with Gasteiger partial charge >= 0.3 is 0 Å². The molecule has 0 radical (unpaired) electrons. The number of rotatable bonds is 3. The molecule has 1 fully saturated rings. The standard InChI is InChI=1S/C18H20N4O2S/c23-25(24,15-5-2-1-3-6-15)18-16-13-14(7-8-17(16)20-21-18)22-11-4-9-19-10-12-22/h1-3,5-8,13,19H,4,9-12H2,(H,20,21). The van der Waals surface area contributed by atoms with Gasteiger partial charge in [-0.1, -0.05) is 18.2 Å². The van der Waals surface area contributed by atoms with E-state index in [1.807, 2.05) is 18.2 Å². The van der Waals surface area contributed by atoms with E-state index < -0.39 is 9.84 Å². The van der Waals surface area contributed by atoms with E-state index in [1.165, 1.54) is 0 Å². The van der Waals surface area contributed by atoms with Crippen LogP contribution in [0.2, 0.25) is 0 Å². The zero-order valence-corrected chi connectivity index (χ0v) is 14.6. The maximum atomic E-state index is 12.9. The van der Waals surface area contributed by atoms with Gasteiger partial charge in [-0.05, 0) is 43.3 Å². The summed E-state index contributed by atoms with van der Waals surface area (Å²) in [6.45, 7) is 3.80. The molecular formula is C18H20N4O2S. The molecule has 0 aliphatic carbocycles. The lowest BCUT2D eigenvalue weighted by Crippen LogP contribution is -2.27. The fraction of sp³-hybridized carbons (Fsp3) is 0.278. The molecule has 1 aliphatic heterocycles. The summed E-state index contributed by atoms with van der Waals surface area (Å²) in [4.78, 5) is 2.54. The maximum absolute atomic E-state index is 12.9. The second kappa shape index (κ2) is 6.50. The summed E-state index contributed by atoms with van der Waals surface area (Å²) >= 11 is 0. The molecule has 4 rings (SSSR count). The normalized spacial score (nSPS) is 16.1. The van der Waals surface area contributed by atoms with Crippen molar-refractivity contribution in [2.24, 2.45) is 0 Å². The van der Waals surface area contributed by atoms with Crippen LogP contribution in [-0.2, 0) is 9.84 Å². The quantitative estimate of drug-likeness (QED) is 0.752. The second-order valence-corrected chi connectivity index (χ2v) is 8.03. The SMILES string of the molecule is O=S(=O)(c1ccccc1)c1n[nH]c2ccc(N3CCCNCC3)cc12. The minimum atomic E-state index is -3.65. The van der Waals surface area contributed by atoms with E-state index in [0.29, 0.717) is 5.39 Å². The fourth-order valence-corrected chi connectivity index (χ4v) is 4.56. The van der Waals surface area contributed by atoms with Crippen molar-refractivity contribution in [3.63, 3.8) is 0 Å². The van der Waals surface area contributed by atoms with Gasteiger partial charge in [-0.15, -0.1) is 0 Å². The van der Waals surface area contributed by atoms with Crippen molar-refractivity contribution < 1.29 is 8.42 Å². The van der Waals surface area contributed by atoms with Crippen LogP contribution in [-0.4, -0.2) is 44.8 Å². The van der Waals surface area contributed by atoms with Gasteiger partial charge in [0, 0.05) is 30.7 Å². The number of hydrogen-bond donors (Lipinski definition) is 2. The Labute approximate surface area is 146 Å². The maximum Gasteiger partial charge on any atom is 0.226 e. The predicted molar refractivity (Wildman–Crippen MR) is 97.7 cm³/mol. The van der Waals surface area contributed by atoms with Gasteiger partial charge in [0.25, 0.3) is 0 Å². The largest absolute Gasteiger partial charge is 0.370 e. The molecule has 0 bridgehead atoms. The van der Waals surface area contributed by atoms with Gasteiger partial charge in [0.2, 0.25) is 9.84 Å². The fourth-order valence-electron chi connectivity index (χ4n) is 3.19. The third-order valence-corrected chi connectivity index (χ3v) is 6.24. The van der Waals surface area contributed by atoms with Crippen LogP contribution in [0.4, 0.5) is 5.69 Å². The third-order valence-electron chi connectivity index (χ3n) is 4.52. The first-order valence-electron chi connectivity index (χ1n) is 8.40. The first-order chi connectivity index (χ1) is 12.2. The summed E-state index contributed by atoms with van der Waals surface area (Å²) < 4.78 is 25.9. The molecule has 0 spiro atoms. The van der Waals surface area contributed by atoms with Gasteiger partial charge in [0.15, 0.2) is 5.03 Å². The Bertz CT molecular complexity index is 975. The van der Waals surface area contributed by atoms with Gasteiger partial charge in [0.1, 0.15) is 0 Å². The first kappa shape index (κ1) is 16.1. The van der Waals surface area contributed by atoms with Gasteiger partial charge in [-0.3, -0.25) is 5.10 Å². The lowest BCUT2D eigenvalue weighted by atomic mass is 10.2. The molecule has 25 heavy (non-hydrogen) atoms. The van der Waals surface area contributed by atoms with Crippen molar-refractivity contribution in [3.05, 3.63) is 48.5 Å². The Morgan fingerprint density at radius 2 is 1.84 bits per heavy atom. The highest BCUT2D eigenvalue weighted by atomic mass is 32.2. The second-order valence-electron chi connectivity index (χ2n) is 6.17. The van der Waals surface area contributed by atoms with Crippen molar-refractivity contribution in [1.29, 1.82) is 0 Å². The number of anilines is 1. The minimum absolute atomic E-state index is 0.0866. The molecule has 6 nitrogen and oxygen atoms in total. The van der Waals surface area contributed by atoms with E-state index in [4.69, 9.17) is 0 Å². The molecule has 1 aromatic heterocycles. The van der Waals surface area contributed by atoms with Crippen LogP contribution in [0.3, 0.4) is 0 Å². The Balaban J connectivity index is 1.79. The van der Waals surface area contributed by atoms with Crippen molar-refractivity contribution >= 4 is 26.4 Å². The van der Waals surface area contributed by atoms with Crippen LogP contribution in [0.1, 0.15) is 6.42 Å². The summed E-state index contributed by atoms with van der Waals surface area (Å²) in [6, 6.07) is 14.3. The Hall–Kier alpha value is -2.38. The molecule has 2 N–H and O–H groups in total. The monoisotopic (exact) mass is 356 g/mol. The number of fused-ring (bicyclic) bond motifs is 1. The Morgan fingerprint density at radius 3 is 2.68 bits per heavy atom. The molecule has 7 heteroatoms. The van der Waals surface area contributed by atoms with Crippen molar-refractivity contribution in [2.45, 2.75) is 16.3 Å². The van der Waals surface area contributed by atoms with Crippen LogP contribution < -0.4 is 10.2 Å². The summed E-state index contributed by atoms with van der Waals surface area (Å²) in [5, 5.41) is 11.1. The molecule has 2 heterocycles. The number of aromatic amines is 1. The zero-order valence-electron chi connectivity index (χ0n) is 13.8. The summed E-state index contributed by atoms with van der Waals surface area (Å²) in [6.07, 6.45) is 1.07. The van der Waals surface area contributed by atoms with Gasteiger partial charge in [-0.25, -0.2) is 8.42 Å². The molecule has 0 saturated carbocycles. The van der Waals surface area contributed by atoms with E-state index >= 15 is 0 Å². The lowest BCUT2D eigenvalue weighted by molar-refractivity contribution is 0.593. The number of nitrogens with one attached hydrogen (secondary N) is 2. The molecule has 2 aromatic carbocycles. The number of aromatic nitrogens is 2. The summed E-state index contributed by atoms with van der Waals surface area (Å²) in [5.74, 6) is 0. The summed E-state index contributed by atoms with van der Waals surface area (Å²) in [5.41, 5.74) is 1.76. The molecule has 1 saturated heterocycles. The number of hydrogen-bond acceptors (Lipinski definition) is 5. The summed E-state index contributed by atoms with van der Waals surface area (Å²) in [7, 11) is -3.65. The van der Waals surface area contributed by atoms with Crippen LogP contribution in [0, 0.1) is 0 Å². The predicted octanol–water partition coefficient (Wildman–Crippen LogP) is 2.20. The van der Waals surface area contributed by atoms with E-state index in [1.54, 1.807) is 30.3 Å². The number of sulfone groups is 1. The third kappa shape index (κ3) is 3.01. The van der Waals surface area contributed by atoms with Gasteiger partial charge in [-0.2, -0.15) is 5.10 Å². The van der Waals surface area contributed by atoms with Gasteiger partial charge in [0.05, 0.1) is 10.4 Å². The molecule has 3 aromatic rings. The highest BCUT2D eigenvalue weighted by molar-refractivity contribution is 7.91. The van der Waals surface area contributed by atoms with E-state index in [-0.39, 0.29) is 9.92 Å². The van der Waals surface area contributed by atoms with E-state index in [0.717, 1.165) is 43.8 Å². The molecule has 0 amide bonds. The van der Waals surface area contributed by atoms with Crippen LogP contribution >= 0.6 is 0 Å². The number of nitrogens with zero attached hydrogens (tertiary/aromatic N) is 2. The van der Waals surface area contributed by atoms with Crippen LogP contribution in [0.15, 0.2) is 58.5 Å². The highest BCUT2D eigenvalue weighted by Crippen LogP contribution is 2.29. The smallest absolute Gasteiger partial charge is 0.226 e. The van der Waals surface area contributed by atoms with E-state index in [9.17, 15) is 8.42 Å². The lowest BCUT2D eigenvalue weighted by Gasteiger charge is -2.22. The molecule has 0 atom stereocenters. The Morgan fingerprint density at radius 1 is 1.00 bits per heavy atom. The topological polar surface area (TPSA) is 78.1 Å². The average Bonchev–Trinajstić information content (AvgIpc) is 2.88. The minimum Gasteiger partial charge on any atom is -0.370 e. The average molecular weight is 356 g/mol. The van der Waals surface area contributed by atoms with Gasteiger partial charge < -0.3 is 10.2 Å². The van der Waals surface area contributed by atoms with Crippen molar-refractivity contribution in [3.8, 4) is 0 Å². The van der Waals surface area contributed by atoms with Crippen molar-refractivity contribution in [1.82, 2.24) is 15.5 Å². The van der Waals surface area contributed by atoms with Crippen molar-refractivity contribution in [2.75, 3.05) is 31.1 Å². The van der Waals surface area contributed by atoms with E-state index in [2.05, 4.69) is 20.4 Å². The van der Waals surface area contributed by atoms with Crippen LogP contribution in [0.25, 0.3) is 10.9 Å². The molecular weight excluding hydrogens is 336 g/mol. The molecule has 0 unspecified atom stereocenters.